The quantitative estimate of drug-likeness (QED) is 0.775. The van der Waals surface area contributed by atoms with E-state index in [1.807, 2.05) is 26.0 Å². The Kier molecular flexibility index (Phi) is 5.81. The Hall–Kier alpha value is -2.04. The number of hydrogen-bond donors (Lipinski definition) is 0. The fourth-order valence-corrected chi connectivity index (χ4v) is 2.08. The lowest BCUT2D eigenvalue weighted by Crippen LogP contribution is -2.48. The minimum Gasteiger partial charge on any atom is -0.491 e. The molecular formula is C18H27NO4. The summed E-state index contributed by atoms with van der Waals surface area (Å²) in [6.45, 7) is 10.8. The van der Waals surface area contributed by atoms with Crippen LogP contribution in [0.2, 0.25) is 0 Å². The number of benzene rings is 1. The maximum absolute atomic E-state index is 12.4. The van der Waals surface area contributed by atoms with Crippen molar-refractivity contribution in [1.29, 1.82) is 0 Å². The van der Waals surface area contributed by atoms with E-state index in [9.17, 15) is 9.59 Å². The predicted octanol–water partition coefficient (Wildman–Crippen LogP) is 3.75. The van der Waals surface area contributed by atoms with E-state index in [2.05, 4.69) is 0 Å². The van der Waals surface area contributed by atoms with Crippen LogP contribution in [-0.2, 0) is 15.1 Å². The van der Waals surface area contributed by atoms with Gasteiger partial charge in [0.1, 0.15) is 23.2 Å². The molecule has 0 bridgehead atoms. The Morgan fingerprint density at radius 2 is 1.74 bits per heavy atom. The van der Waals surface area contributed by atoms with Crippen LogP contribution in [0, 0.1) is 0 Å². The maximum Gasteiger partial charge on any atom is 0.411 e. The molecule has 5 heteroatoms. The first-order valence-corrected chi connectivity index (χ1v) is 7.70. The van der Waals surface area contributed by atoms with Crippen LogP contribution in [0.15, 0.2) is 24.3 Å². The zero-order chi connectivity index (χ0) is 17.8. The summed E-state index contributed by atoms with van der Waals surface area (Å²) in [6.07, 6.45) is 0.129. The van der Waals surface area contributed by atoms with E-state index in [0.717, 1.165) is 6.29 Å². The van der Waals surface area contributed by atoms with Gasteiger partial charge >= 0.3 is 6.09 Å². The van der Waals surface area contributed by atoms with Gasteiger partial charge in [0.15, 0.2) is 0 Å². The zero-order valence-corrected chi connectivity index (χ0v) is 15.0. The van der Waals surface area contributed by atoms with Gasteiger partial charge in [-0.05, 0) is 47.6 Å². The van der Waals surface area contributed by atoms with Gasteiger partial charge in [0.05, 0.1) is 6.10 Å². The highest BCUT2D eigenvalue weighted by Gasteiger charge is 2.38. The molecule has 0 heterocycles. The van der Waals surface area contributed by atoms with Crippen molar-refractivity contribution >= 4 is 12.4 Å². The Morgan fingerprint density at radius 3 is 2.22 bits per heavy atom. The van der Waals surface area contributed by atoms with E-state index in [0.29, 0.717) is 11.3 Å². The molecule has 1 rings (SSSR count). The topological polar surface area (TPSA) is 55.8 Å². The van der Waals surface area contributed by atoms with Crippen LogP contribution >= 0.6 is 0 Å². The lowest BCUT2D eigenvalue weighted by molar-refractivity contribution is -0.117. The molecule has 23 heavy (non-hydrogen) atoms. The summed E-state index contributed by atoms with van der Waals surface area (Å²) in [5, 5.41) is 0. The molecular weight excluding hydrogens is 294 g/mol. The molecule has 0 aliphatic rings. The number of nitrogens with zero attached hydrogens (tertiary/aromatic N) is 1. The fourth-order valence-electron chi connectivity index (χ4n) is 2.08. The van der Waals surface area contributed by atoms with Gasteiger partial charge < -0.3 is 14.3 Å². The molecule has 128 valence electrons. The minimum atomic E-state index is -1.19. The number of carbonyl (C=O) groups is 2. The molecule has 1 aromatic carbocycles. The van der Waals surface area contributed by atoms with E-state index in [4.69, 9.17) is 9.47 Å². The molecule has 0 saturated heterocycles. The van der Waals surface area contributed by atoms with E-state index in [1.165, 1.54) is 4.90 Å². The normalized spacial score (nSPS) is 14.1. The van der Waals surface area contributed by atoms with Gasteiger partial charge in [0.2, 0.25) is 0 Å². The standard InChI is InChI=1S/C18H27NO4/c1-13(2)22-15-11-9-8-10-14(15)18(6,12-20)19(7)16(21)23-17(3,4)5/h8-13H,1-7H3. The first-order valence-electron chi connectivity index (χ1n) is 7.70. The van der Waals surface area contributed by atoms with Crippen LogP contribution in [0.25, 0.3) is 0 Å². The SMILES string of the molecule is CC(C)Oc1ccccc1C(C)(C=O)N(C)C(=O)OC(C)(C)C. The van der Waals surface area contributed by atoms with Crippen LogP contribution in [0.1, 0.15) is 47.1 Å². The van der Waals surface area contributed by atoms with Crippen molar-refractivity contribution in [3.8, 4) is 5.75 Å². The number of hydrogen-bond acceptors (Lipinski definition) is 4. The molecule has 0 aliphatic carbocycles. The molecule has 1 amide bonds. The first kappa shape index (κ1) is 19.0. The number of amides is 1. The zero-order valence-electron chi connectivity index (χ0n) is 15.0. The summed E-state index contributed by atoms with van der Waals surface area (Å²) in [7, 11) is 1.55. The van der Waals surface area contributed by atoms with Crippen molar-refractivity contribution in [2.45, 2.75) is 58.8 Å². The van der Waals surface area contributed by atoms with Crippen molar-refractivity contribution < 1.29 is 19.1 Å². The number of aldehydes is 1. The number of para-hydroxylation sites is 1. The van der Waals surface area contributed by atoms with Crippen molar-refractivity contribution in [3.05, 3.63) is 29.8 Å². The predicted molar refractivity (Wildman–Crippen MR) is 89.6 cm³/mol. The van der Waals surface area contributed by atoms with E-state index >= 15 is 0 Å². The molecule has 0 saturated carbocycles. The summed E-state index contributed by atoms with van der Waals surface area (Å²) in [5.41, 5.74) is -1.20. The maximum atomic E-state index is 12.4. The first-order chi connectivity index (χ1) is 10.5. The highest BCUT2D eigenvalue weighted by atomic mass is 16.6. The number of ether oxygens (including phenoxy) is 2. The molecule has 5 nitrogen and oxygen atoms in total. The molecule has 1 unspecified atom stereocenters. The molecule has 1 atom stereocenters. The monoisotopic (exact) mass is 321 g/mol. The summed E-state index contributed by atoms with van der Waals surface area (Å²) in [6, 6.07) is 7.22. The number of carbonyl (C=O) groups excluding carboxylic acids is 2. The molecule has 1 aromatic rings. The van der Waals surface area contributed by atoms with E-state index in [-0.39, 0.29) is 6.10 Å². The molecule has 0 radical (unpaired) electrons. The lowest BCUT2D eigenvalue weighted by atomic mass is 9.91. The van der Waals surface area contributed by atoms with Crippen LogP contribution in [0.3, 0.4) is 0 Å². The number of likely N-dealkylation sites (N-methyl/N-ethyl adjacent to an activating group) is 1. The average Bonchev–Trinajstić information content (AvgIpc) is 2.43. The van der Waals surface area contributed by atoms with Crippen LogP contribution < -0.4 is 4.74 Å². The molecule has 0 fully saturated rings. The van der Waals surface area contributed by atoms with Gasteiger partial charge in [0.25, 0.3) is 0 Å². The molecule has 0 spiro atoms. The Labute approximate surface area is 138 Å². The van der Waals surface area contributed by atoms with Crippen molar-refractivity contribution in [1.82, 2.24) is 4.90 Å². The second kappa shape index (κ2) is 7.02. The minimum absolute atomic E-state index is 0.0427. The van der Waals surface area contributed by atoms with Gasteiger partial charge in [-0.2, -0.15) is 0 Å². The third kappa shape index (κ3) is 4.71. The van der Waals surface area contributed by atoms with Gasteiger partial charge in [0, 0.05) is 12.6 Å². The third-order valence-electron chi connectivity index (χ3n) is 3.39. The molecule has 0 aliphatic heterocycles. The van der Waals surface area contributed by atoms with Crippen LogP contribution in [-0.4, -0.2) is 36.0 Å². The number of rotatable bonds is 5. The molecule has 0 N–H and O–H groups in total. The summed E-state index contributed by atoms with van der Waals surface area (Å²) in [5.74, 6) is 0.576. The van der Waals surface area contributed by atoms with Gasteiger partial charge in [-0.3, -0.25) is 4.90 Å². The average molecular weight is 321 g/mol. The highest BCUT2D eigenvalue weighted by molar-refractivity contribution is 5.78. The van der Waals surface area contributed by atoms with Crippen molar-refractivity contribution in [2.24, 2.45) is 0 Å². The Morgan fingerprint density at radius 1 is 1.17 bits per heavy atom. The third-order valence-corrected chi connectivity index (χ3v) is 3.39. The Bertz CT molecular complexity index is 562. The largest absolute Gasteiger partial charge is 0.491 e. The Balaban J connectivity index is 3.24. The van der Waals surface area contributed by atoms with Gasteiger partial charge in [-0.1, -0.05) is 18.2 Å². The van der Waals surface area contributed by atoms with Crippen LogP contribution in [0.5, 0.6) is 5.75 Å². The van der Waals surface area contributed by atoms with Gasteiger partial charge in [-0.25, -0.2) is 4.79 Å². The lowest BCUT2D eigenvalue weighted by Gasteiger charge is -2.36. The fraction of sp³-hybridized carbons (Fsp3) is 0.556. The van der Waals surface area contributed by atoms with Crippen molar-refractivity contribution in [3.63, 3.8) is 0 Å². The van der Waals surface area contributed by atoms with Crippen molar-refractivity contribution in [2.75, 3.05) is 7.05 Å². The smallest absolute Gasteiger partial charge is 0.411 e. The van der Waals surface area contributed by atoms with E-state index in [1.54, 1.807) is 46.9 Å². The second-order valence-corrected chi connectivity index (χ2v) is 6.97. The summed E-state index contributed by atoms with van der Waals surface area (Å²) < 4.78 is 11.2. The summed E-state index contributed by atoms with van der Waals surface area (Å²) in [4.78, 5) is 25.5. The molecule has 0 aromatic heterocycles. The van der Waals surface area contributed by atoms with E-state index < -0.39 is 17.2 Å². The highest BCUT2D eigenvalue weighted by Crippen LogP contribution is 2.34. The summed E-state index contributed by atoms with van der Waals surface area (Å²) >= 11 is 0. The second-order valence-electron chi connectivity index (χ2n) is 6.97. The van der Waals surface area contributed by atoms with Gasteiger partial charge in [-0.15, -0.1) is 0 Å². The van der Waals surface area contributed by atoms with Crippen LogP contribution in [0.4, 0.5) is 4.79 Å².